The van der Waals surface area contributed by atoms with Crippen LogP contribution >= 0.6 is 23.7 Å². The third kappa shape index (κ3) is 4.91. The van der Waals surface area contributed by atoms with Gasteiger partial charge in [-0.2, -0.15) is 11.8 Å². The first-order valence-electron chi connectivity index (χ1n) is 5.24. The van der Waals surface area contributed by atoms with Crippen LogP contribution in [-0.4, -0.2) is 29.7 Å². The van der Waals surface area contributed by atoms with E-state index in [1.54, 1.807) is 18.8 Å². The fourth-order valence-electron chi connectivity index (χ4n) is 1.15. The van der Waals surface area contributed by atoms with Crippen molar-refractivity contribution < 1.29 is 9.32 Å². The molecule has 96 valence electrons. The third-order valence-corrected chi connectivity index (χ3v) is 4.13. The van der Waals surface area contributed by atoms with Crippen LogP contribution in [0.2, 0.25) is 0 Å². The number of rotatable bonds is 6. The normalized spacial score (nSPS) is 10.3. The molecule has 1 aromatic heterocycles. The first-order valence-corrected chi connectivity index (χ1v) is 7.38. The molecule has 0 fully saturated rings. The lowest BCUT2D eigenvalue weighted by atomic mass is 10.2. The Balaban J connectivity index is 2.11. The maximum Gasteiger partial charge on any atom is 0.324 e. The van der Waals surface area contributed by atoms with Gasteiger partial charge in [-0.25, -0.2) is 4.79 Å². The van der Waals surface area contributed by atoms with Gasteiger partial charge in [0.25, 0.3) is 0 Å². The number of thioether (sulfide) groups is 1. The van der Waals surface area contributed by atoms with Crippen molar-refractivity contribution in [3.05, 3.63) is 17.0 Å². The predicted octanol–water partition coefficient (Wildman–Crippen LogP) is 2.10. The second-order valence-electron chi connectivity index (χ2n) is 3.38. The Bertz CT molecular complexity index is 349. The van der Waals surface area contributed by atoms with Gasteiger partial charge in [0.1, 0.15) is 5.76 Å². The predicted molar refractivity (Wildman–Crippen MR) is 72.2 cm³/mol. The molecule has 0 atom stereocenters. The number of aryl methyl sites for hydroxylation is 2. The fourth-order valence-corrected chi connectivity index (χ4v) is 3.05. The number of urea groups is 1. The summed E-state index contributed by atoms with van der Waals surface area (Å²) < 4.78 is 7.76. The minimum atomic E-state index is -0.161. The molecule has 5 nitrogen and oxygen atoms in total. The van der Waals surface area contributed by atoms with Crippen LogP contribution in [0.1, 0.15) is 17.0 Å². The lowest BCUT2D eigenvalue weighted by Crippen LogP contribution is -2.27. The highest BCUT2D eigenvalue weighted by molar-refractivity contribution is 8.01. The van der Waals surface area contributed by atoms with Gasteiger partial charge in [0.15, 0.2) is 0 Å². The Labute approximate surface area is 110 Å². The van der Waals surface area contributed by atoms with Crippen LogP contribution in [-0.2, 0) is 5.75 Å². The van der Waals surface area contributed by atoms with Gasteiger partial charge in [0.05, 0.1) is 5.69 Å². The number of hydrogen-bond donors (Lipinski definition) is 2. The van der Waals surface area contributed by atoms with Crippen LogP contribution in [0.25, 0.3) is 0 Å². The number of carbonyl (C=O) groups is 1. The highest BCUT2D eigenvalue weighted by Gasteiger charge is 2.08. The Morgan fingerprint density at radius 3 is 2.76 bits per heavy atom. The van der Waals surface area contributed by atoms with E-state index in [1.807, 2.05) is 13.8 Å². The molecule has 7 heteroatoms. The first-order chi connectivity index (χ1) is 8.15. The zero-order valence-electron chi connectivity index (χ0n) is 10.2. The summed E-state index contributed by atoms with van der Waals surface area (Å²) in [5.41, 5.74) is 2.14. The van der Waals surface area contributed by atoms with E-state index in [0.717, 1.165) is 28.7 Å². The smallest absolute Gasteiger partial charge is 0.324 e. The summed E-state index contributed by atoms with van der Waals surface area (Å²) in [5.74, 6) is 3.65. The van der Waals surface area contributed by atoms with Gasteiger partial charge in [-0.3, -0.25) is 4.72 Å². The van der Waals surface area contributed by atoms with E-state index in [2.05, 4.69) is 15.2 Å². The number of carbonyl (C=O) groups excluding carboxylic acids is 1. The molecule has 0 aliphatic rings. The zero-order valence-corrected chi connectivity index (χ0v) is 11.8. The molecule has 0 aromatic carbocycles. The molecule has 2 amide bonds. The molecule has 1 heterocycles. The molecule has 0 spiro atoms. The van der Waals surface area contributed by atoms with Gasteiger partial charge in [-0.15, -0.1) is 0 Å². The average Bonchev–Trinajstić information content (AvgIpc) is 2.64. The summed E-state index contributed by atoms with van der Waals surface area (Å²) in [4.78, 5) is 10.9. The van der Waals surface area contributed by atoms with Crippen LogP contribution in [0.5, 0.6) is 0 Å². The fraction of sp³-hybridized carbons (Fsp3) is 0.600. The molecule has 0 radical (unpaired) electrons. The minimum absolute atomic E-state index is 0.161. The van der Waals surface area contributed by atoms with E-state index in [1.165, 1.54) is 17.5 Å². The molecule has 0 saturated heterocycles. The maximum atomic E-state index is 10.9. The molecule has 1 rings (SSSR count). The summed E-state index contributed by atoms with van der Waals surface area (Å²) in [6, 6.07) is -0.161. The van der Waals surface area contributed by atoms with Crippen LogP contribution in [0.3, 0.4) is 0 Å². The summed E-state index contributed by atoms with van der Waals surface area (Å²) in [5, 5.41) is 6.40. The first kappa shape index (κ1) is 14.2. The van der Waals surface area contributed by atoms with Gasteiger partial charge in [-0.1, -0.05) is 5.16 Å². The summed E-state index contributed by atoms with van der Waals surface area (Å²) in [6.45, 7) is 3.88. The average molecular weight is 275 g/mol. The van der Waals surface area contributed by atoms with E-state index in [-0.39, 0.29) is 6.03 Å². The minimum Gasteiger partial charge on any atom is -0.361 e. The quantitative estimate of drug-likeness (QED) is 0.615. The maximum absolute atomic E-state index is 10.9. The van der Waals surface area contributed by atoms with Crippen LogP contribution in [0.4, 0.5) is 4.79 Å². The second kappa shape index (κ2) is 7.50. The van der Waals surface area contributed by atoms with Crippen molar-refractivity contribution in [1.29, 1.82) is 0 Å². The standard InChI is InChI=1S/C10H17N3O2S2/c1-7-9(8(2)15-12-7)6-16-4-5-17-13-10(14)11-3/h4-6H2,1-3H3,(H2,11,13,14). The Morgan fingerprint density at radius 1 is 1.41 bits per heavy atom. The zero-order chi connectivity index (χ0) is 12.7. The van der Waals surface area contributed by atoms with Gasteiger partial charge in [0, 0.05) is 29.9 Å². The molecule has 2 N–H and O–H groups in total. The van der Waals surface area contributed by atoms with Crippen molar-refractivity contribution in [1.82, 2.24) is 15.2 Å². The van der Waals surface area contributed by atoms with Crippen LogP contribution in [0.15, 0.2) is 4.52 Å². The highest BCUT2D eigenvalue weighted by Crippen LogP contribution is 2.19. The molecule has 0 aliphatic carbocycles. The number of hydrogen-bond acceptors (Lipinski definition) is 5. The van der Waals surface area contributed by atoms with E-state index in [0.29, 0.717) is 0 Å². The third-order valence-electron chi connectivity index (χ3n) is 2.15. The van der Waals surface area contributed by atoms with Crippen molar-refractivity contribution in [3.63, 3.8) is 0 Å². The molecular formula is C10H17N3O2S2. The second-order valence-corrected chi connectivity index (χ2v) is 5.39. The molecule has 0 bridgehead atoms. The van der Waals surface area contributed by atoms with Crippen molar-refractivity contribution in [2.24, 2.45) is 0 Å². The van der Waals surface area contributed by atoms with Crippen molar-refractivity contribution in [3.8, 4) is 0 Å². The van der Waals surface area contributed by atoms with Crippen molar-refractivity contribution >= 4 is 29.7 Å². The summed E-state index contributed by atoms with van der Waals surface area (Å²) in [7, 11) is 1.60. The van der Waals surface area contributed by atoms with E-state index in [9.17, 15) is 4.79 Å². The summed E-state index contributed by atoms with van der Waals surface area (Å²) in [6.07, 6.45) is 0. The molecule has 0 aliphatic heterocycles. The highest BCUT2D eigenvalue weighted by atomic mass is 32.2. The van der Waals surface area contributed by atoms with Gasteiger partial charge < -0.3 is 9.84 Å². The summed E-state index contributed by atoms with van der Waals surface area (Å²) >= 11 is 3.22. The van der Waals surface area contributed by atoms with Gasteiger partial charge in [0.2, 0.25) is 0 Å². The molecular weight excluding hydrogens is 258 g/mol. The van der Waals surface area contributed by atoms with Gasteiger partial charge >= 0.3 is 6.03 Å². The van der Waals surface area contributed by atoms with Crippen molar-refractivity contribution in [2.45, 2.75) is 19.6 Å². The van der Waals surface area contributed by atoms with Gasteiger partial charge in [-0.05, 0) is 25.8 Å². The van der Waals surface area contributed by atoms with Crippen LogP contribution < -0.4 is 10.0 Å². The number of amides is 2. The number of nitrogens with zero attached hydrogens (tertiary/aromatic N) is 1. The Hall–Kier alpha value is -0.820. The lowest BCUT2D eigenvalue weighted by Gasteiger charge is -2.03. The SMILES string of the molecule is CNC(=O)NSCCSCc1c(C)noc1C. The lowest BCUT2D eigenvalue weighted by molar-refractivity contribution is 0.248. The topological polar surface area (TPSA) is 67.2 Å². The van der Waals surface area contributed by atoms with Crippen LogP contribution in [0, 0.1) is 13.8 Å². The van der Waals surface area contributed by atoms with E-state index in [4.69, 9.17) is 4.52 Å². The molecule has 17 heavy (non-hydrogen) atoms. The number of nitrogens with one attached hydrogen (secondary N) is 2. The Kier molecular flexibility index (Phi) is 6.28. The van der Waals surface area contributed by atoms with E-state index >= 15 is 0 Å². The van der Waals surface area contributed by atoms with E-state index < -0.39 is 0 Å². The Morgan fingerprint density at radius 2 is 2.18 bits per heavy atom. The largest absolute Gasteiger partial charge is 0.361 e. The number of aromatic nitrogens is 1. The van der Waals surface area contributed by atoms with Crippen molar-refractivity contribution in [2.75, 3.05) is 18.6 Å². The molecule has 0 saturated carbocycles. The molecule has 0 unspecified atom stereocenters. The monoisotopic (exact) mass is 275 g/mol. The molecule has 1 aromatic rings.